The molecule has 0 aliphatic carbocycles. The van der Waals surface area contributed by atoms with Crippen molar-refractivity contribution in [2.45, 2.75) is 26.3 Å². The van der Waals surface area contributed by atoms with Gasteiger partial charge in [-0.05, 0) is 54.5 Å². The van der Waals surface area contributed by atoms with Gasteiger partial charge in [-0.3, -0.25) is 14.4 Å². The number of aryl methyl sites for hydroxylation is 1. The summed E-state index contributed by atoms with van der Waals surface area (Å²) in [7, 11) is 0. The normalized spacial score (nSPS) is 14.2. The lowest BCUT2D eigenvalue weighted by Gasteiger charge is -2.31. The fraction of sp³-hybridized carbons (Fsp3) is 0.269. The van der Waals surface area contributed by atoms with Crippen LogP contribution in [0, 0.1) is 18.7 Å². The Bertz CT molecular complexity index is 1170. The van der Waals surface area contributed by atoms with Crippen LogP contribution < -0.4 is 5.32 Å². The lowest BCUT2D eigenvalue weighted by atomic mass is 9.94. The summed E-state index contributed by atoms with van der Waals surface area (Å²) >= 11 is 1.35. The largest absolute Gasteiger partial charge is 0.352 e. The molecule has 0 atom stereocenters. The van der Waals surface area contributed by atoms with Crippen LogP contribution in [0.2, 0.25) is 0 Å². The monoisotopic (exact) mass is 464 g/mol. The van der Waals surface area contributed by atoms with Gasteiger partial charge in [0.1, 0.15) is 5.82 Å². The molecule has 0 radical (unpaired) electrons. The van der Waals surface area contributed by atoms with E-state index in [2.05, 4.69) is 5.32 Å². The van der Waals surface area contributed by atoms with Crippen molar-refractivity contribution in [3.63, 3.8) is 0 Å². The number of ketones is 1. The topological polar surface area (TPSA) is 66.5 Å². The van der Waals surface area contributed by atoms with Gasteiger partial charge in [-0.15, -0.1) is 11.3 Å². The van der Waals surface area contributed by atoms with Gasteiger partial charge < -0.3 is 10.2 Å². The van der Waals surface area contributed by atoms with Crippen LogP contribution in [0.4, 0.5) is 4.39 Å². The number of rotatable bonds is 6. The zero-order valence-electron chi connectivity index (χ0n) is 18.3. The third-order valence-corrected chi connectivity index (χ3v) is 6.87. The fourth-order valence-electron chi connectivity index (χ4n) is 4.00. The highest BCUT2D eigenvalue weighted by Crippen LogP contribution is 2.23. The van der Waals surface area contributed by atoms with Crippen LogP contribution in [0.25, 0.3) is 0 Å². The molecule has 1 N–H and O–H groups in total. The number of halogens is 1. The van der Waals surface area contributed by atoms with Crippen molar-refractivity contribution in [2.75, 3.05) is 13.1 Å². The smallest absolute Gasteiger partial charge is 0.254 e. The average Bonchev–Trinajstić information content (AvgIpc) is 3.39. The van der Waals surface area contributed by atoms with Crippen molar-refractivity contribution in [1.82, 2.24) is 10.2 Å². The van der Waals surface area contributed by atoms with E-state index < -0.39 is 0 Å². The first kappa shape index (κ1) is 22.9. The highest BCUT2D eigenvalue weighted by Gasteiger charge is 2.29. The number of carbonyl (C=O) groups is 3. The predicted octanol–water partition coefficient (Wildman–Crippen LogP) is 4.60. The molecular formula is C26H25FN2O3S. The van der Waals surface area contributed by atoms with Crippen LogP contribution in [-0.4, -0.2) is 35.6 Å². The lowest BCUT2D eigenvalue weighted by molar-refractivity contribution is -0.126. The molecule has 1 saturated heterocycles. The molecule has 1 aliphatic rings. The van der Waals surface area contributed by atoms with Crippen molar-refractivity contribution in [3.05, 3.63) is 92.9 Å². The Kier molecular flexibility index (Phi) is 6.99. The zero-order chi connectivity index (χ0) is 23.4. The Labute approximate surface area is 196 Å². The number of hydrogen-bond acceptors (Lipinski definition) is 4. The van der Waals surface area contributed by atoms with Crippen LogP contribution >= 0.6 is 11.3 Å². The molecule has 0 spiro atoms. The Morgan fingerprint density at radius 1 is 1.03 bits per heavy atom. The van der Waals surface area contributed by atoms with Crippen LogP contribution in [-0.2, 0) is 11.3 Å². The molecule has 33 heavy (non-hydrogen) atoms. The van der Waals surface area contributed by atoms with E-state index in [9.17, 15) is 18.8 Å². The van der Waals surface area contributed by atoms with Crippen molar-refractivity contribution < 1.29 is 18.8 Å². The van der Waals surface area contributed by atoms with E-state index >= 15 is 0 Å². The van der Waals surface area contributed by atoms with Crippen LogP contribution in [0.1, 0.15) is 49.6 Å². The quantitative estimate of drug-likeness (QED) is 0.543. The molecule has 7 heteroatoms. The van der Waals surface area contributed by atoms with E-state index in [0.717, 1.165) is 0 Å². The minimum absolute atomic E-state index is 0.0867. The summed E-state index contributed by atoms with van der Waals surface area (Å²) in [4.78, 5) is 40.9. The van der Waals surface area contributed by atoms with Gasteiger partial charge >= 0.3 is 0 Å². The third-order valence-electron chi connectivity index (χ3n) is 6.00. The number of hydrogen-bond donors (Lipinski definition) is 1. The molecule has 1 aliphatic heterocycles. The van der Waals surface area contributed by atoms with Crippen molar-refractivity contribution >= 4 is 28.9 Å². The molecule has 0 unspecified atom stereocenters. The molecule has 2 heterocycles. The number of nitrogens with zero attached hydrogens (tertiary/aromatic N) is 1. The molecule has 4 rings (SSSR count). The van der Waals surface area contributed by atoms with Gasteiger partial charge in [0.2, 0.25) is 11.7 Å². The van der Waals surface area contributed by atoms with Crippen molar-refractivity contribution in [2.24, 2.45) is 5.92 Å². The summed E-state index contributed by atoms with van der Waals surface area (Å²) in [5.41, 5.74) is 2.07. The number of carbonyl (C=O) groups excluding carboxylic acids is 3. The Hall–Kier alpha value is -3.32. The lowest BCUT2D eigenvalue weighted by Crippen LogP contribution is -2.43. The second-order valence-electron chi connectivity index (χ2n) is 8.22. The fourth-order valence-corrected chi connectivity index (χ4v) is 4.68. The first-order chi connectivity index (χ1) is 15.9. The summed E-state index contributed by atoms with van der Waals surface area (Å²) in [5.74, 6) is -0.921. The van der Waals surface area contributed by atoms with Crippen LogP contribution in [0.5, 0.6) is 0 Å². The molecule has 1 aromatic heterocycles. The summed E-state index contributed by atoms with van der Waals surface area (Å²) in [6, 6.07) is 15.4. The molecule has 2 aromatic carbocycles. The Morgan fingerprint density at radius 2 is 1.76 bits per heavy atom. The number of piperidine rings is 1. The molecule has 170 valence electrons. The minimum Gasteiger partial charge on any atom is -0.352 e. The van der Waals surface area contributed by atoms with Gasteiger partial charge in [0.05, 0.1) is 10.4 Å². The van der Waals surface area contributed by atoms with E-state index in [4.69, 9.17) is 0 Å². The van der Waals surface area contributed by atoms with Crippen LogP contribution in [0.15, 0.2) is 60.0 Å². The van der Waals surface area contributed by atoms with Gasteiger partial charge in [0, 0.05) is 31.1 Å². The van der Waals surface area contributed by atoms with Gasteiger partial charge in [0.15, 0.2) is 0 Å². The highest BCUT2D eigenvalue weighted by atomic mass is 32.1. The summed E-state index contributed by atoms with van der Waals surface area (Å²) in [6.45, 7) is 2.85. The van der Waals surface area contributed by atoms with Gasteiger partial charge in [-0.2, -0.15) is 0 Å². The molecule has 5 nitrogen and oxygen atoms in total. The van der Waals surface area contributed by atoms with Crippen molar-refractivity contribution in [3.8, 4) is 0 Å². The van der Waals surface area contributed by atoms with Crippen molar-refractivity contribution in [1.29, 1.82) is 0 Å². The van der Waals surface area contributed by atoms with Gasteiger partial charge in [0.25, 0.3) is 5.91 Å². The summed E-state index contributed by atoms with van der Waals surface area (Å²) in [5, 5.41) is 4.71. The van der Waals surface area contributed by atoms with E-state index in [-0.39, 0.29) is 35.9 Å². The number of benzene rings is 2. The maximum Gasteiger partial charge on any atom is 0.254 e. The second-order valence-corrected chi connectivity index (χ2v) is 9.17. The summed E-state index contributed by atoms with van der Waals surface area (Å²) in [6.07, 6.45) is 1.09. The van der Waals surface area contributed by atoms with E-state index in [1.807, 2.05) is 11.4 Å². The van der Waals surface area contributed by atoms with Crippen LogP contribution in [0.3, 0.4) is 0 Å². The number of thiophene rings is 1. The number of likely N-dealkylation sites (tertiary alicyclic amines) is 1. The summed E-state index contributed by atoms with van der Waals surface area (Å²) < 4.78 is 13.7. The first-order valence-corrected chi connectivity index (χ1v) is 11.8. The average molecular weight is 465 g/mol. The molecule has 3 aromatic rings. The van der Waals surface area contributed by atoms with Gasteiger partial charge in [-0.25, -0.2) is 4.39 Å². The van der Waals surface area contributed by atoms with E-state index in [1.54, 1.807) is 54.3 Å². The Balaban J connectivity index is 1.35. The van der Waals surface area contributed by atoms with E-state index in [0.29, 0.717) is 53.1 Å². The molecular weight excluding hydrogens is 439 g/mol. The first-order valence-electron chi connectivity index (χ1n) is 10.9. The molecule has 2 amide bonds. The molecule has 1 fully saturated rings. The third kappa shape index (κ3) is 5.20. The second kappa shape index (κ2) is 10.1. The SMILES string of the molecule is Cc1ccc(CNC(=O)C2CCN(C(=O)c3ccccc3C(=O)c3cccs3)CC2)cc1F. The minimum atomic E-state index is -0.286. The molecule has 0 bridgehead atoms. The highest BCUT2D eigenvalue weighted by molar-refractivity contribution is 7.12. The molecule has 0 saturated carbocycles. The number of nitrogens with one attached hydrogen (secondary N) is 1. The Morgan fingerprint density at radius 3 is 2.42 bits per heavy atom. The predicted molar refractivity (Wildman–Crippen MR) is 126 cm³/mol. The standard InChI is InChI=1S/C26H25FN2O3S/c1-17-8-9-18(15-22(17)27)16-28-25(31)19-10-12-29(13-11-19)26(32)21-6-3-2-5-20(21)24(30)23-7-4-14-33-23/h2-9,14-15,19H,10-13,16H2,1H3,(H,28,31). The van der Waals surface area contributed by atoms with E-state index in [1.165, 1.54) is 17.4 Å². The maximum atomic E-state index is 13.7. The maximum absolute atomic E-state index is 13.7. The number of amides is 2. The zero-order valence-corrected chi connectivity index (χ0v) is 19.2. The van der Waals surface area contributed by atoms with Gasteiger partial charge in [-0.1, -0.05) is 36.4 Å².